The fraction of sp³-hybridized carbons (Fsp3) is 0.362. The van der Waals surface area contributed by atoms with Crippen molar-refractivity contribution < 1.29 is 24.0 Å². The van der Waals surface area contributed by atoms with Crippen LogP contribution in [-0.4, -0.2) is 111 Å². The van der Waals surface area contributed by atoms with E-state index in [1.807, 2.05) is 52.0 Å². The normalized spacial score (nSPS) is 18.3. The van der Waals surface area contributed by atoms with Crippen LogP contribution in [0.4, 0.5) is 23.0 Å². The zero-order chi connectivity index (χ0) is 44.0. The van der Waals surface area contributed by atoms with Gasteiger partial charge in [-0.3, -0.25) is 43.8 Å². The first-order valence-electron chi connectivity index (χ1n) is 21.5. The van der Waals surface area contributed by atoms with Crippen LogP contribution in [-0.2, 0) is 21.7 Å². The highest BCUT2D eigenvalue weighted by molar-refractivity contribution is 6.23. The van der Waals surface area contributed by atoms with Crippen LogP contribution < -0.4 is 25.8 Å². The van der Waals surface area contributed by atoms with E-state index in [1.165, 1.54) is 0 Å². The van der Waals surface area contributed by atoms with Gasteiger partial charge in [-0.25, -0.2) is 9.97 Å². The van der Waals surface area contributed by atoms with E-state index in [9.17, 15) is 24.0 Å². The molecule has 4 aliphatic rings. The molecule has 16 nitrogen and oxygen atoms in total. The third-order valence-corrected chi connectivity index (χ3v) is 12.4. The van der Waals surface area contributed by atoms with Crippen molar-refractivity contribution >= 4 is 52.5 Å². The van der Waals surface area contributed by atoms with Crippen molar-refractivity contribution in [2.24, 2.45) is 5.92 Å². The number of piperidine rings is 1. The van der Waals surface area contributed by atoms with Crippen molar-refractivity contribution in [3.05, 3.63) is 113 Å². The number of aryl methyl sites for hydroxylation is 1. The van der Waals surface area contributed by atoms with E-state index in [0.717, 1.165) is 90.2 Å². The highest BCUT2D eigenvalue weighted by Crippen LogP contribution is 2.34. The van der Waals surface area contributed by atoms with Crippen LogP contribution in [0.15, 0.2) is 85.3 Å². The maximum atomic E-state index is 13.3. The highest BCUT2D eigenvalue weighted by atomic mass is 16.2. The number of nitrogens with zero attached hydrogens (tertiary/aromatic N) is 8. The molecule has 5 amide bonds. The van der Waals surface area contributed by atoms with E-state index in [1.54, 1.807) is 35.4 Å². The Balaban J connectivity index is 0.726. The van der Waals surface area contributed by atoms with Crippen LogP contribution in [0, 0.1) is 12.8 Å². The highest BCUT2D eigenvalue weighted by Gasteiger charge is 2.45. The topological polar surface area (TPSA) is 178 Å². The van der Waals surface area contributed by atoms with E-state index < -0.39 is 29.7 Å². The lowest BCUT2D eigenvalue weighted by Crippen LogP contribution is -2.55. The Hall–Kier alpha value is -6.94. The summed E-state index contributed by atoms with van der Waals surface area (Å²) in [6.45, 7) is 15.0. The number of piperazine rings is 1. The molecule has 1 unspecified atom stereocenters. The second kappa shape index (κ2) is 16.7. The van der Waals surface area contributed by atoms with Gasteiger partial charge in [0.1, 0.15) is 6.04 Å². The van der Waals surface area contributed by atoms with E-state index in [4.69, 9.17) is 4.98 Å². The van der Waals surface area contributed by atoms with Crippen molar-refractivity contribution in [3.8, 4) is 11.3 Å². The molecule has 63 heavy (non-hydrogen) atoms. The van der Waals surface area contributed by atoms with Gasteiger partial charge in [0.2, 0.25) is 17.8 Å². The third-order valence-electron chi connectivity index (χ3n) is 12.4. The first kappa shape index (κ1) is 41.4. The average molecular weight is 850 g/mol. The number of aromatic nitrogens is 4. The molecule has 3 aromatic carbocycles. The smallest absolute Gasteiger partial charge is 0.262 e. The summed E-state index contributed by atoms with van der Waals surface area (Å²) in [7, 11) is 0. The van der Waals surface area contributed by atoms with Gasteiger partial charge < -0.3 is 20.4 Å². The Kier molecular flexibility index (Phi) is 11.0. The lowest BCUT2D eigenvalue weighted by atomic mass is 9.97. The van der Waals surface area contributed by atoms with Crippen LogP contribution in [0.2, 0.25) is 0 Å². The molecule has 3 fully saturated rings. The summed E-state index contributed by atoms with van der Waals surface area (Å²) < 4.78 is 1.79. The fourth-order valence-corrected chi connectivity index (χ4v) is 8.71. The van der Waals surface area contributed by atoms with Crippen LogP contribution in [0.3, 0.4) is 0 Å². The SMILES string of the molecule is Cc1cc(-c2ccnc(Nc3ccc(N4CCN(CC5CN(c6ccc7c(c6)C(=O)N(C6CCC(=O)NC6=O)C7=O)C5)CC4)cc3)n2)ccc1CNC(=O)c1cnn(C(C)(C)C)c1. The van der Waals surface area contributed by atoms with Crippen LogP contribution >= 0.6 is 0 Å². The number of nitrogens with one attached hydrogen (secondary N) is 3. The molecule has 16 heteroatoms. The summed E-state index contributed by atoms with van der Waals surface area (Å²) in [4.78, 5) is 80.7. The second-order valence-corrected chi connectivity index (χ2v) is 17.8. The number of anilines is 4. The molecular weight excluding hydrogens is 799 g/mol. The molecule has 2 aromatic heterocycles. The van der Waals surface area contributed by atoms with E-state index >= 15 is 0 Å². The predicted molar refractivity (Wildman–Crippen MR) is 238 cm³/mol. The predicted octanol–water partition coefficient (Wildman–Crippen LogP) is 4.74. The summed E-state index contributed by atoms with van der Waals surface area (Å²) in [6, 6.07) is 20.7. The van der Waals surface area contributed by atoms with Crippen LogP contribution in [0.25, 0.3) is 11.3 Å². The zero-order valence-electron chi connectivity index (χ0n) is 35.9. The molecule has 0 spiro atoms. The minimum atomic E-state index is -0.970. The Morgan fingerprint density at radius 1 is 0.857 bits per heavy atom. The number of carbonyl (C=O) groups excluding carboxylic acids is 5. The minimum Gasteiger partial charge on any atom is -0.371 e. The number of hydrogen-bond donors (Lipinski definition) is 3. The van der Waals surface area contributed by atoms with E-state index in [2.05, 4.69) is 71.1 Å². The van der Waals surface area contributed by atoms with Crippen LogP contribution in [0.5, 0.6) is 0 Å². The monoisotopic (exact) mass is 849 g/mol. The molecule has 324 valence electrons. The summed E-state index contributed by atoms with van der Waals surface area (Å²) in [6.07, 6.45) is 5.35. The first-order valence-corrected chi connectivity index (χ1v) is 21.5. The van der Waals surface area contributed by atoms with Crippen LogP contribution in [0.1, 0.15) is 75.8 Å². The van der Waals surface area contributed by atoms with Crippen molar-refractivity contribution in [1.29, 1.82) is 0 Å². The summed E-state index contributed by atoms with van der Waals surface area (Å²) in [5.74, 6) is -1.13. The minimum absolute atomic E-state index is 0.0933. The van der Waals surface area contributed by atoms with Gasteiger partial charge in [0, 0.05) is 99.7 Å². The first-order chi connectivity index (χ1) is 30.3. The quantitative estimate of drug-likeness (QED) is 0.156. The van der Waals surface area contributed by atoms with Crippen molar-refractivity contribution in [3.63, 3.8) is 0 Å². The molecule has 0 bridgehead atoms. The van der Waals surface area contributed by atoms with Gasteiger partial charge in [-0.1, -0.05) is 12.1 Å². The number of amides is 5. The molecule has 5 aromatic rings. The van der Waals surface area contributed by atoms with Gasteiger partial charge in [0.25, 0.3) is 17.7 Å². The fourth-order valence-electron chi connectivity index (χ4n) is 8.71. The number of carbonyl (C=O) groups is 5. The lowest BCUT2D eigenvalue weighted by Gasteiger charge is -2.45. The standard InChI is InChI=1S/C47H51N11O5/c1-29-21-31(5-6-32(29)23-49-42(60)33-24-50-57(28-33)47(2,3)4)39-15-16-48-46(52-39)51-34-7-9-35(10-8-34)55-19-17-54(18-20-55)25-30-26-56(27-30)36-11-12-37-38(22-36)45(63)58(44(37)62)40-13-14-41(59)53-43(40)61/h5-12,15-16,21-22,24,28,30,40H,13-14,17-20,23,25-27H2,1-4H3,(H,49,60)(H,48,51,52)(H,53,59,61). The lowest BCUT2D eigenvalue weighted by molar-refractivity contribution is -0.136. The van der Waals surface area contributed by atoms with Gasteiger partial charge >= 0.3 is 0 Å². The molecule has 9 rings (SSSR count). The number of imide groups is 2. The van der Waals surface area contributed by atoms with Gasteiger partial charge in [0.05, 0.1) is 34.1 Å². The average Bonchev–Trinajstić information content (AvgIpc) is 3.86. The second-order valence-electron chi connectivity index (χ2n) is 17.8. The Morgan fingerprint density at radius 2 is 1.60 bits per heavy atom. The molecule has 3 saturated heterocycles. The number of hydrogen-bond acceptors (Lipinski definition) is 12. The van der Waals surface area contributed by atoms with Crippen molar-refractivity contribution in [1.82, 2.24) is 40.2 Å². The van der Waals surface area contributed by atoms with E-state index in [0.29, 0.717) is 35.1 Å². The molecular formula is C47H51N11O5. The molecule has 6 heterocycles. The zero-order valence-corrected chi connectivity index (χ0v) is 35.9. The summed E-state index contributed by atoms with van der Waals surface area (Å²) >= 11 is 0. The largest absolute Gasteiger partial charge is 0.371 e. The molecule has 0 saturated carbocycles. The molecule has 3 N–H and O–H groups in total. The summed E-state index contributed by atoms with van der Waals surface area (Å²) in [5, 5.41) is 12.9. The Bertz CT molecular complexity index is 2600. The molecule has 0 aliphatic carbocycles. The number of benzene rings is 3. The Morgan fingerprint density at radius 3 is 2.32 bits per heavy atom. The summed E-state index contributed by atoms with van der Waals surface area (Å²) in [5.41, 5.74) is 7.71. The molecule has 1 atom stereocenters. The number of rotatable bonds is 11. The molecule has 0 radical (unpaired) electrons. The maximum absolute atomic E-state index is 13.3. The van der Waals surface area contributed by atoms with Crippen molar-refractivity contribution in [2.75, 3.05) is 60.9 Å². The van der Waals surface area contributed by atoms with Crippen molar-refractivity contribution in [2.45, 2.75) is 58.7 Å². The van der Waals surface area contributed by atoms with Gasteiger partial charge in [-0.15, -0.1) is 0 Å². The maximum Gasteiger partial charge on any atom is 0.262 e. The number of fused-ring (bicyclic) bond motifs is 1. The van der Waals surface area contributed by atoms with Gasteiger partial charge in [-0.05, 0) is 99.8 Å². The third kappa shape index (κ3) is 8.63. The van der Waals surface area contributed by atoms with Gasteiger partial charge in [0.15, 0.2) is 0 Å². The van der Waals surface area contributed by atoms with Gasteiger partial charge in [-0.2, -0.15) is 5.10 Å². The molecule has 4 aliphatic heterocycles. The van der Waals surface area contributed by atoms with E-state index in [-0.39, 0.29) is 24.3 Å². The Labute approximate surface area is 365 Å².